The molecule has 1 saturated carbocycles. The van der Waals surface area contributed by atoms with E-state index in [1.807, 2.05) is 6.92 Å². The van der Waals surface area contributed by atoms with Gasteiger partial charge in [-0.2, -0.15) is 0 Å². The summed E-state index contributed by atoms with van der Waals surface area (Å²) in [5.74, 6) is 1.44. The summed E-state index contributed by atoms with van der Waals surface area (Å²) in [5.41, 5.74) is 0.946. The van der Waals surface area contributed by atoms with E-state index in [0.717, 1.165) is 16.0 Å². The van der Waals surface area contributed by atoms with Crippen LogP contribution in [-0.2, 0) is 0 Å². The predicted octanol–water partition coefficient (Wildman–Crippen LogP) is 5.03. The number of rotatable bonds is 1. The normalized spacial score (nSPS) is 18.8. The summed E-state index contributed by atoms with van der Waals surface area (Å²) in [6.45, 7) is 1.98. The number of aryl methyl sites for hydroxylation is 1. The zero-order chi connectivity index (χ0) is 12.3. The maximum atomic E-state index is 6.11. The molecule has 0 N–H and O–H groups in total. The maximum absolute atomic E-state index is 6.11. The van der Waals surface area contributed by atoms with Gasteiger partial charge in [0, 0.05) is 5.92 Å². The van der Waals surface area contributed by atoms with E-state index < -0.39 is 0 Å². The Hall–Kier alpha value is -0.150. The van der Waals surface area contributed by atoms with Gasteiger partial charge in [0.1, 0.15) is 11.0 Å². The van der Waals surface area contributed by atoms with Crippen LogP contribution >= 0.6 is 27.5 Å². The largest absolute Gasteiger partial charge is 0.237 e. The van der Waals surface area contributed by atoms with Gasteiger partial charge in [0.25, 0.3) is 0 Å². The highest BCUT2D eigenvalue weighted by atomic mass is 79.9. The standard InChI is InChI=1S/C13H18BrClN2/c1-9-11(14)12(15)17-13(16-9)10-7-5-3-2-4-6-8-10/h10H,2-8H2,1H3. The monoisotopic (exact) mass is 316 g/mol. The third-order valence-corrected chi connectivity index (χ3v) is 4.92. The highest BCUT2D eigenvalue weighted by molar-refractivity contribution is 9.10. The average Bonchev–Trinajstić information content (AvgIpc) is 2.25. The van der Waals surface area contributed by atoms with Crippen molar-refractivity contribution in [1.82, 2.24) is 9.97 Å². The summed E-state index contributed by atoms with van der Waals surface area (Å²) in [5, 5.41) is 0.551. The fourth-order valence-corrected chi connectivity index (χ4v) is 2.84. The zero-order valence-corrected chi connectivity index (χ0v) is 12.5. The van der Waals surface area contributed by atoms with Crippen molar-refractivity contribution in [1.29, 1.82) is 0 Å². The van der Waals surface area contributed by atoms with Crippen LogP contribution in [0.3, 0.4) is 0 Å². The number of aromatic nitrogens is 2. The van der Waals surface area contributed by atoms with Gasteiger partial charge in [-0.05, 0) is 35.7 Å². The molecule has 0 unspecified atom stereocenters. The smallest absolute Gasteiger partial charge is 0.147 e. The second-order valence-electron chi connectivity index (χ2n) is 4.81. The Labute approximate surface area is 116 Å². The summed E-state index contributed by atoms with van der Waals surface area (Å²) in [6.07, 6.45) is 9.07. The average molecular weight is 318 g/mol. The molecule has 1 heterocycles. The second-order valence-corrected chi connectivity index (χ2v) is 5.97. The third kappa shape index (κ3) is 3.41. The number of hydrogen-bond acceptors (Lipinski definition) is 2. The molecular weight excluding hydrogens is 300 g/mol. The molecule has 1 aliphatic carbocycles. The van der Waals surface area contributed by atoms with Gasteiger partial charge < -0.3 is 0 Å². The Morgan fingerprint density at radius 2 is 1.65 bits per heavy atom. The van der Waals surface area contributed by atoms with Gasteiger partial charge in [0.05, 0.1) is 10.2 Å². The molecule has 0 saturated heterocycles. The van der Waals surface area contributed by atoms with Crippen LogP contribution in [0.15, 0.2) is 4.47 Å². The van der Waals surface area contributed by atoms with E-state index in [9.17, 15) is 0 Å². The minimum atomic E-state index is 0.500. The summed E-state index contributed by atoms with van der Waals surface area (Å²) in [7, 11) is 0. The first-order valence-electron chi connectivity index (χ1n) is 6.38. The predicted molar refractivity (Wildman–Crippen MR) is 74.5 cm³/mol. The molecule has 0 bridgehead atoms. The van der Waals surface area contributed by atoms with E-state index in [0.29, 0.717) is 11.1 Å². The minimum Gasteiger partial charge on any atom is -0.237 e. The van der Waals surface area contributed by atoms with E-state index in [4.69, 9.17) is 11.6 Å². The molecule has 0 spiro atoms. The van der Waals surface area contributed by atoms with Crippen molar-refractivity contribution in [3.8, 4) is 0 Å². The Morgan fingerprint density at radius 1 is 1.06 bits per heavy atom. The SMILES string of the molecule is Cc1nc(C2CCCCCCC2)nc(Cl)c1Br. The molecule has 0 amide bonds. The summed E-state index contributed by atoms with van der Waals surface area (Å²) in [4.78, 5) is 9.02. The first-order valence-corrected chi connectivity index (χ1v) is 7.55. The molecule has 0 aromatic carbocycles. The molecule has 0 aliphatic heterocycles. The lowest BCUT2D eigenvalue weighted by atomic mass is 9.90. The number of nitrogens with zero attached hydrogens (tertiary/aromatic N) is 2. The van der Waals surface area contributed by atoms with Gasteiger partial charge in [0.15, 0.2) is 0 Å². The first kappa shape index (κ1) is 13.3. The minimum absolute atomic E-state index is 0.500. The molecule has 2 nitrogen and oxygen atoms in total. The van der Waals surface area contributed by atoms with Crippen molar-refractivity contribution >= 4 is 27.5 Å². The van der Waals surface area contributed by atoms with Crippen LogP contribution in [0.5, 0.6) is 0 Å². The van der Waals surface area contributed by atoms with Crippen LogP contribution in [0.25, 0.3) is 0 Å². The van der Waals surface area contributed by atoms with Gasteiger partial charge in [-0.3, -0.25) is 0 Å². The molecule has 1 aromatic rings. The van der Waals surface area contributed by atoms with Crippen LogP contribution in [-0.4, -0.2) is 9.97 Å². The summed E-state index contributed by atoms with van der Waals surface area (Å²) >= 11 is 9.52. The lowest BCUT2D eigenvalue weighted by Gasteiger charge is -2.19. The molecule has 1 aliphatic rings. The fourth-order valence-electron chi connectivity index (χ4n) is 2.44. The molecule has 0 radical (unpaired) electrons. The summed E-state index contributed by atoms with van der Waals surface area (Å²) in [6, 6.07) is 0. The van der Waals surface area contributed by atoms with Gasteiger partial charge in [-0.15, -0.1) is 0 Å². The molecule has 1 fully saturated rings. The zero-order valence-electron chi connectivity index (χ0n) is 10.2. The molecule has 17 heavy (non-hydrogen) atoms. The Balaban J connectivity index is 2.19. The highest BCUT2D eigenvalue weighted by Gasteiger charge is 2.18. The van der Waals surface area contributed by atoms with Gasteiger partial charge in [0.2, 0.25) is 0 Å². The molecular formula is C13H18BrClN2. The van der Waals surface area contributed by atoms with Crippen LogP contribution in [0.1, 0.15) is 62.4 Å². The second kappa shape index (κ2) is 6.14. The van der Waals surface area contributed by atoms with Crippen LogP contribution in [0.2, 0.25) is 5.15 Å². The topological polar surface area (TPSA) is 25.8 Å². The Morgan fingerprint density at radius 3 is 2.24 bits per heavy atom. The third-order valence-electron chi connectivity index (χ3n) is 3.46. The molecule has 2 rings (SSSR count). The van der Waals surface area contributed by atoms with Gasteiger partial charge in [-0.1, -0.05) is 43.7 Å². The van der Waals surface area contributed by atoms with Crippen LogP contribution < -0.4 is 0 Å². The number of hydrogen-bond donors (Lipinski definition) is 0. The lowest BCUT2D eigenvalue weighted by Crippen LogP contribution is -2.08. The Kier molecular flexibility index (Phi) is 4.80. The van der Waals surface area contributed by atoms with Crippen molar-refractivity contribution in [2.45, 2.75) is 57.8 Å². The van der Waals surface area contributed by atoms with E-state index >= 15 is 0 Å². The van der Waals surface area contributed by atoms with E-state index in [2.05, 4.69) is 25.9 Å². The Bertz CT molecular complexity index is 364. The van der Waals surface area contributed by atoms with Crippen LogP contribution in [0.4, 0.5) is 0 Å². The van der Waals surface area contributed by atoms with Gasteiger partial charge in [-0.25, -0.2) is 9.97 Å². The van der Waals surface area contributed by atoms with Crippen molar-refractivity contribution in [2.24, 2.45) is 0 Å². The number of halogens is 2. The van der Waals surface area contributed by atoms with Crippen molar-refractivity contribution < 1.29 is 0 Å². The molecule has 94 valence electrons. The van der Waals surface area contributed by atoms with Crippen molar-refractivity contribution in [3.05, 3.63) is 21.1 Å². The first-order chi connectivity index (χ1) is 8.18. The fraction of sp³-hybridized carbons (Fsp3) is 0.692. The highest BCUT2D eigenvalue weighted by Crippen LogP contribution is 2.31. The molecule has 4 heteroatoms. The quantitative estimate of drug-likeness (QED) is 0.679. The molecule has 0 atom stereocenters. The van der Waals surface area contributed by atoms with Crippen molar-refractivity contribution in [2.75, 3.05) is 0 Å². The molecule has 1 aromatic heterocycles. The summed E-state index contributed by atoms with van der Waals surface area (Å²) < 4.78 is 0.828. The lowest BCUT2D eigenvalue weighted by molar-refractivity contribution is 0.441. The maximum Gasteiger partial charge on any atom is 0.147 e. The van der Waals surface area contributed by atoms with E-state index in [1.165, 1.54) is 44.9 Å². The van der Waals surface area contributed by atoms with Crippen LogP contribution in [0, 0.1) is 6.92 Å². The van der Waals surface area contributed by atoms with E-state index in [-0.39, 0.29) is 0 Å². The van der Waals surface area contributed by atoms with E-state index in [1.54, 1.807) is 0 Å². The van der Waals surface area contributed by atoms with Gasteiger partial charge >= 0.3 is 0 Å². The van der Waals surface area contributed by atoms with Crippen molar-refractivity contribution in [3.63, 3.8) is 0 Å².